The van der Waals surface area contributed by atoms with Crippen LogP contribution in [0.5, 0.6) is 0 Å². The Bertz CT molecular complexity index is 871. The Hall–Kier alpha value is -2.25. The van der Waals surface area contributed by atoms with Crippen LogP contribution >= 0.6 is 0 Å². The van der Waals surface area contributed by atoms with Crippen molar-refractivity contribution in [2.45, 2.75) is 31.7 Å². The van der Waals surface area contributed by atoms with E-state index in [9.17, 15) is 13.8 Å². The molecule has 0 spiro atoms. The van der Waals surface area contributed by atoms with Crippen LogP contribution in [0.2, 0.25) is 0 Å². The van der Waals surface area contributed by atoms with E-state index in [-0.39, 0.29) is 24.0 Å². The maximum absolute atomic E-state index is 12.6. The maximum atomic E-state index is 12.6. The van der Waals surface area contributed by atoms with Crippen LogP contribution in [0.15, 0.2) is 35.2 Å². The number of Topliss-reactive ketones (excluding diaryl/α,β-unsaturated/α-hetero) is 1. The first-order valence-electron chi connectivity index (χ1n) is 8.58. The molecule has 0 saturated carbocycles. The molecule has 0 bridgehead atoms. The number of aromatic nitrogens is 1. The molecule has 2 aromatic rings. The van der Waals surface area contributed by atoms with Gasteiger partial charge in [0.1, 0.15) is 0 Å². The number of ketones is 1. The highest BCUT2D eigenvalue weighted by atomic mass is 32.2. The van der Waals surface area contributed by atoms with Crippen molar-refractivity contribution < 1.29 is 23.3 Å². The van der Waals surface area contributed by atoms with Gasteiger partial charge in [-0.25, -0.2) is 4.79 Å². The molecule has 0 saturated heterocycles. The summed E-state index contributed by atoms with van der Waals surface area (Å²) < 4.78 is 24.2. The molecule has 146 valence electrons. The van der Waals surface area contributed by atoms with Crippen LogP contribution in [0.4, 0.5) is 0 Å². The number of hydrogen-bond acceptors (Lipinski definition) is 5. The number of hydrogen-bond donors (Lipinski definition) is 0. The molecule has 2 rings (SSSR count). The predicted octanol–water partition coefficient (Wildman–Crippen LogP) is 3.09. The predicted molar refractivity (Wildman–Crippen MR) is 104 cm³/mol. The van der Waals surface area contributed by atoms with Gasteiger partial charge >= 0.3 is 5.97 Å². The lowest BCUT2D eigenvalue weighted by Gasteiger charge is -2.17. The Labute approximate surface area is 161 Å². The lowest BCUT2D eigenvalue weighted by atomic mass is 10.1. The van der Waals surface area contributed by atoms with Crippen molar-refractivity contribution in [1.29, 1.82) is 0 Å². The molecule has 27 heavy (non-hydrogen) atoms. The zero-order valence-corrected chi connectivity index (χ0v) is 17.1. The lowest BCUT2D eigenvalue weighted by molar-refractivity contribution is 0.0471. The number of ether oxygens (including phenoxy) is 2. The zero-order valence-electron chi connectivity index (χ0n) is 16.3. The monoisotopic (exact) mass is 391 g/mol. The minimum absolute atomic E-state index is 0.0884. The van der Waals surface area contributed by atoms with Gasteiger partial charge in [0.05, 0.1) is 33.9 Å². The van der Waals surface area contributed by atoms with E-state index < -0.39 is 16.8 Å². The molecule has 1 aromatic heterocycles. The summed E-state index contributed by atoms with van der Waals surface area (Å²) in [6.45, 7) is 5.97. The molecule has 0 amide bonds. The second-order valence-electron chi connectivity index (χ2n) is 6.41. The third kappa shape index (κ3) is 4.73. The van der Waals surface area contributed by atoms with Crippen LogP contribution in [0.25, 0.3) is 0 Å². The molecule has 6 nitrogen and oxygen atoms in total. The van der Waals surface area contributed by atoms with Gasteiger partial charge in [-0.1, -0.05) is 12.1 Å². The average Bonchev–Trinajstić information content (AvgIpc) is 2.94. The number of carbonyl (C=O) groups is 2. The molecule has 1 aromatic carbocycles. The van der Waals surface area contributed by atoms with E-state index in [1.165, 1.54) is 6.26 Å². The summed E-state index contributed by atoms with van der Waals surface area (Å²) in [7, 11) is 0.313. The average molecular weight is 391 g/mol. The van der Waals surface area contributed by atoms with Crippen molar-refractivity contribution in [3.63, 3.8) is 0 Å². The van der Waals surface area contributed by atoms with Gasteiger partial charge in [-0.15, -0.1) is 0 Å². The van der Waals surface area contributed by atoms with E-state index in [2.05, 4.69) is 0 Å². The van der Waals surface area contributed by atoms with Crippen LogP contribution in [0, 0.1) is 13.8 Å². The summed E-state index contributed by atoms with van der Waals surface area (Å²) in [5.74, 6) is -0.932. The summed E-state index contributed by atoms with van der Waals surface area (Å²) in [5.41, 5.74) is 2.49. The highest BCUT2D eigenvalue weighted by molar-refractivity contribution is 7.84. The van der Waals surface area contributed by atoms with Gasteiger partial charge in [0.2, 0.25) is 5.78 Å². The number of nitrogens with zero attached hydrogens (tertiary/aromatic N) is 1. The fraction of sp³-hybridized carbons (Fsp3) is 0.400. The number of methoxy groups -OCH3 is 1. The fourth-order valence-electron chi connectivity index (χ4n) is 3.23. The van der Waals surface area contributed by atoms with Crippen LogP contribution in [0.3, 0.4) is 0 Å². The standard InChI is InChI=1S/C20H25NO5S/c1-13-10-17(15(3)21(13)14(2)11-25-4)18(22)12-26-20(23)16-8-6-7-9-19(16)27(5)24/h6-10,14H,11-12H2,1-5H3/t14-,27-/m1/s1. The molecular weight excluding hydrogens is 366 g/mol. The Kier molecular flexibility index (Phi) is 7.10. The number of rotatable bonds is 8. The summed E-state index contributed by atoms with van der Waals surface area (Å²) in [6.07, 6.45) is 1.49. The van der Waals surface area contributed by atoms with E-state index in [0.717, 1.165) is 11.4 Å². The van der Waals surface area contributed by atoms with E-state index in [1.54, 1.807) is 37.4 Å². The molecule has 0 aliphatic carbocycles. The molecule has 7 heteroatoms. The van der Waals surface area contributed by atoms with E-state index in [1.807, 2.05) is 25.3 Å². The van der Waals surface area contributed by atoms with Crippen molar-refractivity contribution in [2.24, 2.45) is 0 Å². The molecule has 0 fully saturated rings. The number of esters is 1. The first-order chi connectivity index (χ1) is 12.8. The molecule has 0 N–H and O–H groups in total. The summed E-state index contributed by atoms with van der Waals surface area (Å²) in [4.78, 5) is 25.3. The number of carbonyl (C=O) groups excluding carboxylic acids is 2. The van der Waals surface area contributed by atoms with Crippen molar-refractivity contribution in [1.82, 2.24) is 4.57 Å². The minimum Gasteiger partial charge on any atom is -0.454 e. The molecule has 0 unspecified atom stereocenters. The van der Waals surface area contributed by atoms with Crippen LogP contribution in [-0.2, 0) is 20.3 Å². The van der Waals surface area contributed by atoms with Gasteiger partial charge in [-0.05, 0) is 39.0 Å². The lowest BCUT2D eigenvalue weighted by Crippen LogP contribution is -2.17. The van der Waals surface area contributed by atoms with Crippen LogP contribution in [-0.4, -0.2) is 47.1 Å². The van der Waals surface area contributed by atoms with Crippen molar-refractivity contribution in [2.75, 3.05) is 26.6 Å². The summed E-state index contributed by atoms with van der Waals surface area (Å²) >= 11 is 0. The Morgan fingerprint density at radius 2 is 1.85 bits per heavy atom. The Morgan fingerprint density at radius 1 is 1.19 bits per heavy atom. The number of benzene rings is 1. The van der Waals surface area contributed by atoms with E-state index in [0.29, 0.717) is 17.1 Å². The summed E-state index contributed by atoms with van der Waals surface area (Å²) in [5, 5.41) is 0. The maximum Gasteiger partial charge on any atom is 0.339 e. The zero-order chi connectivity index (χ0) is 20.1. The molecule has 2 atom stereocenters. The second-order valence-corrected chi connectivity index (χ2v) is 7.76. The third-order valence-electron chi connectivity index (χ3n) is 4.38. The van der Waals surface area contributed by atoms with Crippen LogP contribution < -0.4 is 0 Å². The molecule has 0 aliphatic heterocycles. The second kappa shape index (κ2) is 9.10. The van der Waals surface area contributed by atoms with Gasteiger partial charge in [0.15, 0.2) is 6.61 Å². The highest BCUT2D eigenvalue weighted by Crippen LogP contribution is 2.21. The van der Waals surface area contributed by atoms with Crippen molar-refractivity contribution in [3.8, 4) is 0 Å². The summed E-state index contributed by atoms with van der Waals surface area (Å²) in [6, 6.07) is 8.41. The van der Waals surface area contributed by atoms with Gasteiger partial charge in [-0.3, -0.25) is 9.00 Å². The highest BCUT2D eigenvalue weighted by Gasteiger charge is 2.21. The van der Waals surface area contributed by atoms with Crippen LogP contribution in [0.1, 0.15) is 45.1 Å². The molecule has 0 aliphatic rings. The van der Waals surface area contributed by atoms with Gasteiger partial charge < -0.3 is 14.0 Å². The largest absolute Gasteiger partial charge is 0.454 e. The van der Waals surface area contributed by atoms with E-state index in [4.69, 9.17) is 9.47 Å². The quantitative estimate of drug-likeness (QED) is 0.511. The SMILES string of the molecule is COC[C@@H](C)n1c(C)cc(C(=O)COC(=O)c2ccccc2[S@@](C)=O)c1C. The molecule has 0 radical (unpaired) electrons. The normalized spacial score (nSPS) is 13.2. The Balaban J connectivity index is 2.14. The van der Waals surface area contributed by atoms with Crippen molar-refractivity contribution >= 4 is 22.6 Å². The fourth-order valence-corrected chi connectivity index (χ4v) is 3.96. The van der Waals surface area contributed by atoms with E-state index >= 15 is 0 Å². The number of aryl methyl sites for hydroxylation is 1. The smallest absolute Gasteiger partial charge is 0.339 e. The Morgan fingerprint density at radius 3 is 2.48 bits per heavy atom. The van der Waals surface area contributed by atoms with Gasteiger partial charge in [0.25, 0.3) is 0 Å². The topological polar surface area (TPSA) is 74.6 Å². The van der Waals surface area contributed by atoms with Gasteiger partial charge in [0, 0.05) is 30.3 Å². The third-order valence-corrected chi connectivity index (χ3v) is 5.36. The molecule has 1 heterocycles. The first-order valence-corrected chi connectivity index (χ1v) is 10.1. The van der Waals surface area contributed by atoms with Crippen molar-refractivity contribution in [3.05, 3.63) is 52.8 Å². The minimum atomic E-state index is -1.32. The van der Waals surface area contributed by atoms with Gasteiger partial charge in [-0.2, -0.15) is 0 Å². The first kappa shape index (κ1) is 21.1. The molecular formula is C20H25NO5S.